The van der Waals surface area contributed by atoms with E-state index in [0.717, 1.165) is 11.0 Å². The molecular formula is C20H19ClN8O3. The lowest BCUT2D eigenvalue weighted by Gasteiger charge is -2.00. The van der Waals surface area contributed by atoms with Crippen LogP contribution in [0.25, 0.3) is 21.9 Å². The number of hydrogen-bond acceptors (Lipinski definition) is 6. The van der Waals surface area contributed by atoms with Crippen molar-refractivity contribution < 1.29 is 9.72 Å². The summed E-state index contributed by atoms with van der Waals surface area (Å²) >= 11 is 0. The molecule has 11 nitrogen and oxygen atoms in total. The second-order valence-electron chi connectivity index (χ2n) is 5.96. The molecule has 164 valence electrons. The lowest BCUT2D eigenvalue weighted by molar-refractivity contribution is -0.393. The average Bonchev–Trinajstić information content (AvgIpc) is 3.47. The average molecular weight is 455 g/mol. The van der Waals surface area contributed by atoms with Gasteiger partial charge in [-0.3, -0.25) is 4.98 Å². The van der Waals surface area contributed by atoms with Crippen molar-refractivity contribution in [3.63, 3.8) is 0 Å². The van der Waals surface area contributed by atoms with Crippen molar-refractivity contribution >= 4 is 52.0 Å². The highest BCUT2D eigenvalue weighted by Gasteiger charge is 2.03. The van der Waals surface area contributed by atoms with Crippen LogP contribution < -0.4 is 11.1 Å². The number of nitrogens with two attached hydrogens (primary N) is 1. The van der Waals surface area contributed by atoms with Gasteiger partial charge in [-0.1, -0.05) is 35.3 Å². The Morgan fingerprint density at radius 2 is 1.75 bits per heavy atom. The number of amides is 2. The molecule has 3 heterocycles. The monoisotopic (exact) mass is 454 g/mol. The Labute approximate surface area is 187 Å². The minimum Gasteiger partial charge on any atom is -0.390 e. The molecule has 2 amide bonds. The van der Waals surface area contributed by atoms with E-state index in [-0.39, 0.29) is 18.4 Å². The van der Waals surface area contributed by atoms with Crippen molar-refractivity contribution in [3.05, 3.63) is 89.6 Å². The van der Waals surface area contributed by atoms with Gasteiger partial charge in [0.25, 0.3) is 0 Å². The van der Waals surface area contributed by atoms with E-state index in [4.69, 9.17) is 5.73 Å². The number of urea groups is 1. The Kier molecular flexibility index (Phi) is 8.63. The zero-order valence-electron chi connectivity index (χ0n) is 16.5. The lowest BCUT2D eigenvalue weighted by atomic mass is 10.2. The van der Waals surface area contributed by atoms with E-state index in [1.807, 2.05) is 42.6 Å². The van der Waals surface area contributed by atoms with Crippen LogP contribution in [0.2, 0.25) is 0 Å². The van der Waals surface area contributed by atoms with Crippen LogP contribution in [0, 0.1) is 10.1 Å². The summed E-state index contributed by atoms with van der Waals surface area (Å²) < 4.78 is 0. The van der Waals surface area contributed by atoms with E-state index in [0.29, 0.717) is 11.2 Å². The van der Waals surface area contributed by atoms with Gasteiger partial charge in [-0.2, -0.15) is 0 Å². The molecule has 0 atom stereocenters. The maximum Gasteiger partial charge on any atom is 0.432 e. The summed E-state index contributed by atoms with van der Waals surface area (Å²) in [5, 5.41) is 13.5. The predicted molar refractivity (Wildman–Crippen MR) is 124 cm³/mol. The first-order chi connectivity index (χ1) is 15.0. The third-order valence-corrected chi connectivity index (χ3v) is 3.88. The number of anilines is 1. The number of nitro groups is 1. The molecule has 32 heavy (non-hydrogen) atoms. The zero-order valence-corrected chi connectivity index (χ0v) is 17.3. The van der Waals surface area contributed by atoms with Gasteiger partial charge >= 0.3 is 12.0 Å². The van der Waals surface area contributed by atoms with E-state index in [2.05, 4.69) is 42.4 Å². The number of hydrogen-bond donors (Lipinski definition) is 4. The standard InChI is InChI=1S/C9H7N.C8H8N4O.C3H3N3O2.ClH/c1-2-6-9-8(4-1)5-3-7-10-9;9-8(13)12-6-3-1-2-5-7(6)11-4-10-5;7-6(8)3-4-1-2-5-3;/h1-7H;1-4H,(H,10,11)(H3,9,12,13);1-2H,(H,4,5);1H. The van der Waals surface area contributed by atoms with Gasteiger partial charge in [-0.25, -0.2) is 14.8 Å². The second kappa shape index (κ2) is 11.6. The first-order valence-electron chi connectivity index (χ1n) is 8.96. The number of primary amides is 1. The fourth-order valence-electron chi connectivity index (χ4n) is 2.57. The SMILES string of the molecule is Cl.NC(=O)Nc1cccc2[nH]cnc12.O=[N+]([O-])c1ncc[nH]1.c1ccc2ncccc2c1. The molecule has 0 aliphatic carbocycles. The van der Waals surface area contributed by atoms with Crippen LogP contribution in [0.3, 0.4) is 0 Å². The van der Waals surface area contributed by atoms with Crippen LogP contribution in [0.15, 0.2) is 79.5 Å². The van der Waals surface area contributed by atoms with Gasteiger partial charge in [0.2, 0.25) is 0 Å². The number of imidazole rings is 2. The maximum absolute atomic E-state index is 10.6. The Morgan fingerprint density at radius 3 is 2.41 bits per heavy atom. The molecule has 0 fully saturated rings. The molecule has 0 spiro atoms. The van der Waals surface area contributed by atoms with Gasteiger partial charge in [0.05, 0.1) is 29.2 Å². The highest BCUT2D eigenvalue weighted by molar-refractivity contribution is 5.97. The second-order valence-corrected chi connectivity index (χ2v) is 5.96. The minimum absolute atomic E-state index is 0. The van der Waals surface area contributed by atoms with Crippen LogP contribution in [0.5, 0.6) is 0 Å². The van der Waals surface area contributed by atoms with Gasteiger partial charge in [0.1, 0.15) is 11.7 Å². The zero-order chi connectivity index (χ0) is 22.1. The summed E-state index contributed by atoms with van der Waals surface area (Å²) in [7, 11) is 0. The number of nitrogens with zero attached hydrogens (tertiary/aromatic N) is 4. The molecule has 0 saturated carbocycles. The van der Waals surface area contributed by atoms with E-state index in [9.17, 15) is 14.9 Å². The van der Waals surface area contributed by atoms with Crippen LogP contribution in [0.1, 0.15) is 0 Å². The van der Waals surface area contributed by atoms with Crippen molar-refractivity contribution in [2.75, 3.05) is 5.32 Å². The van der Waals surface area contributed by atoms with Crippen molar-refractivity contribution in [2.24, 2.45) is 5.73 Å². The summed E-state index contributed by atoms with van der Waals surface area (Å²) in [6, 6.07) is 16.9. The van der Waals surface area contributed by atoms with Crippen LogP contribution >= 0.6 is 12.4 Å². The van der Waals surface area contributed by atoms with E-state index in [1.54, 1.807) is 12.4 Å². The summed E-state index contributed by atoms with van der Waals surface area (Å²) in [6.45, 7) is 0. The van der Waals surface area contributed by atoms with Gasteiger partial charge in [-0.05, 0) is 29.2 Å². The van der Waals surface area contributed by atoms with Crippen molar-refractivity contribution in [1.29, 1.82) is 0 Å². The molecule has 0 unspecified atom stereocenters. The number of aromatic nitrogens is 5. The Hall–Kier alpha value is -4.51. The number of nitrogens with one attached hydrogen (secondary N) is 3. The number of aromatic amines is 2. The molecule has 12 heteroatoms. The molecule has 0 bridgehead atoms. The first kappa shape index (κ1) is 23.8. The number of H-pyrrole nitrogens is 2. The van der Waals surface area contributed by atoms with Gasteiger partial charge in [0, 0.05) is 11.6 Å². The number of carbonyl (C=O) groups excluding carboxylic acids is 1. The normalized spacial score (nSPS) is 9.50. The number of rotatable bonds is 2. The molecule has 2 aromatic carbocycles. The van der Waals surface area contributed by atoms with E-state index >= 15 is 0 Å². The van der Waals surface area contributed by atoms with E-state index in [1.165, 1.54) is 17.8 Å². The quantitative estimate of drug-likeness (QED) is 0.232. The molecule has 0 saturated heterocycles. The smallest absolute Gasteiger partial charge is 0.390 e. The minimum atomic E-state index is -0.587. The van der Waals surface area contributed by atoms with Crippen LogP contribution in [0.4, 0.5) is 16.4 Å². The highest BCUT2D eigenvalue weighted by atomic mass is 35.5. The fourth-order valence-corrected chi connectivity index (χ4v) is 2.57. The molecule has 0 radical (unpaired) electrons. The topological polar surface area (TPSA) is 169 Å². The molecule has 0 aliphatic heterocycles. The molecular weight excluding hydrogens is 436 g/mol. The van der Waals surface area contributed by atoms with Gasteiger partial charge in [0.15, 0.2) is 0 Å². The number of halogens is 1. The number of carbonyl (C=O) groups is 1. The number of pyridine rings is 1. The Morgan fingerprint density at radius 1 is 0.969 bits per heavy atom. The van der Waals surface area contributed by atoms with Crippen LogP contribution in [-0.2, 0) is 0 Å². The summed E-state index contributed by atoms with van der Waals surface area (Å²) in [4.78, 5) is 36.6. The Balaban J connectivity index is 0.000000173. The number of benzene rings is 2. The summed E-state index contributed by atoms with van der Waals surface area (Å²) in [6.07, 6.45) is 6.11. The third kappa shape index (κ3) is 6.50. The first-order valence-corrected chi connectivity index (χ1v) is 8.96. The molecule has 5 rings (SSSR count). The van der Waals surface area contributed by atoms with Crippen molar-refractivity contribution in [3.8, 4) is 0 Å². The van der Waals surface area contributed by atoms with Crippen molar-refractivity contribution in [2.45, 2.75) is 0 Å². The molecule has 5 N–H and O–H groups in total. The van der Waals surface area contributed by atoms with Crippen molar-refractivity contribution in [1.82, 2.24) is 24.9 Å². The summed E-state index contributed by atoms with van der Waals surface area (Å²) in [5.74, 6) is -0.218. The largest absolute Gasteiger partial charge is 0.432 e. The number of para-hydroxylation sites is 2. The summed E-state index contributed by atoms with van der Waals surface area (Å²) in [5.41, 5.74) is 8.25. The highest BCUT2D eigenvalue weighted by Crippen LogP contribution is 2.18. The van der Waals surface area contributed by atoms with Gasteiger partial charge < -0.3 is 26.1 Å². The molecule has 3 aromatic heterocycles. The predicted octanol–water partition coefficient (Wildman–Crippen LogP) is 4.03. The van der Waals surface area contributed by atoms with E-state index < -0.39 is 11.0 Å². The van der Waals surface area contributed by atoms with Crippen LogP contribution in [-0.4, -0.2) is 35.9 Å². The number of fused-ring (bicyclic) bond motifs is 2. The lowest BCUT2D eigenvalue weighted by Crippen LogP contribution is -2.19. The fraction of sp³-hybridized carbons (Fsp3) is 0. The Bertz CT molecular complexity index is 1230. The third-order valence-electron chi connectivity index (χ3n) is 3.88. The van der Waals surface area contributed by atoms with Gasteiger partial charge in [-0.15, -0.1) is 12.4 Å². The molecule has 0 aliphatic rings. The maximum atomic E-state index is 10.6. The molecule has 5 aromatic rings.